The van der Waals surface area contributed by atoms with E-state index in [9.17, 15) is 14.4 Å². The van der Waals surface area contributed by atoms with E-state index in [4.69, 9.17) is 11.6 Å². The highest BCUT2D eigenvalue weighted by atomic mass is 35.5. The molecule has 0 aliphatic carbocycles. The van der Waals surface area contributed by atoms with Crippen LogP contribution in [0.5, 0.6) is 0 Å². The molecule has 3 rings (SSSR count). The predicted molar refractivity (Wildman–Crippen MR) is 94.0 cm³/mol. The second kappa shape index (κ2) is 6.94. The molecule has 6 nitrogen and oxygen atoms in total. The molecule has 1 unspecified atom stereocenters. The van der Waals surface area contributed by atoms with Crippen molar-refractivity contribution in [1.82, 2.24) is 10.6 Å². The minimum absolute atomic E-state index is 0.126. The van der Waals surface area contributed by atoms with Crippen molar-refractivity contribution in [2.75, 3.05) is 11.9 Å². The Bertz CT molecular complexity index is 853. The van der Waals surface area contributed by atoms with Gasteiger partial charge < -0.3 is 15.5 Å². The summed E-state index contributed by atoms with van der Waals surface area (Å²) in [4.78, 5) is 37.9. The first-order chi connectivity index (χ1) is 12.0. The molecule has 1 aliphatic rings. The highest BCUT2D eigenvalue weighted by Crippen LogP contribution is 2.34. The number of halogens is 1. The Morgan fingerprint density at radius 3 is 2.52 bits per heavy atom. The minimum atomic E-state index is -0.865. The summed E-state index contributed by atoms with van der Waals surface area (Å²) in [6.45, 7) is 0.126. The molecule has 1 atom stereocenters. The van der Waals surface area contributed by atoms with Crippen LogP contribution in [0, 0.1) is 0 Å². The molecule has 0 saturated carbocycles. The van der Waals surface area contributed by atoms with Crippen molar-refractivity contribution in [2.24, 2.45) is 0 Å². The molecule has 0 fully saturated rings. The molecule has 2 N–H and O–H groups in total. The summed E-state index contributed by atoms with van der Waals surface area (Å²) in [7, 11) is 1.63. The van der Waals surface area contributed by atoms with Crippen LogP contribution in [0.1, 0.15) is 17.2 Å². The maximum Gasteiger partial charge on any atom is 0.310 e. The summed E-state index contributed by atoms with van der Waals surface area (Å²) in [5.74, 6) is -1.97. The van der Waals surface area contributed by atoms with Crippen LogP contribution in [0.3, 0.4) is 0 Å². The van der Waals surface area contributed by atoms with E-state index in [1.165, 1.54) is 4.90 Å². The van der Waals surface area contributed by atoms with Gasteiger partial charge in [0.25, 0.3) is 5.91 Å². The molecule has 7 heteroatoms. The van der Waals surface area contributed by atoms with Crippen molar-refractivity contribution in [3.05, 3.63) is 64.7 Å². The Labute approximate surface area is 149 Å². The van der Waals surface area contributed by atoms with E-state index in [1.54, 1.807) is 49.5 Å². The molecule has 1 aliphatic heterocycles. The van der Waals surface area contributed by atoms with Crippen molar-refractivity contribution in [2.45, 2.75) is 12.6 Å². The van der Waals surface area contributed by atoms with Crippen LogP contribution in [0.4, 0.5) is 5.69 Å². The molecule has 25 heavy (non-hydrogen) atoms. The van der Waals surface area contributed by atoms with E-state index < -0.39 is 17.9 Å². The number of hydrogen-bond donors (Lipinski definition) is 2. The monoisotopic (exact) mass is 357 g/mol. The van der Waals surface area contributed by atoms with Crippen LogP contribution in [0.25, 0.3) is 0 Å². The number of nitrogens with one attached hydrogen (secondary N) is 2. The standard InChI is InChI=1S/C18H16ClN3O3/c1-22-14-9-5-3-7-12(14)15(18(22)25)21-17(24)16(23)20-10-11-6-2-4-8-13(11)19/h2-9,15H,10H2,1H3,(H,20,23)(H,21,24). The molecule has 0 aromatic heterocycles. The fraction of sp³-hybridized carbons (Fsp3) is 0.167. The lowest BCUT2D eigenvalue weighted by molar-refractivity contribution is -0.140. The Hall–Kier alpha value is -2.86. The average molecular weight is 358 g/mol. The van der Waals surface area contributed by atoms with Crippen LogP contribution in [0.15, 0.2) is 48.5 Å². The zero-order valence-corrected chi connectivity index (χ0v) is 14.2. The molecular formula is C18H16ClN3O3. The largest absolute Gasteiger partial charge is 0.344 e. The number of para-hydroxylation sites is 1. The zero-order chi connectivity index (χ0) is 18.0. The van der Waals surface area contributed by atoms with E-state index in [0.717, 1.165) is 0 Å². The van der Waals surface area contributed by atoms with Crippen molar-refractivity contribution >= 4 is 35.0 Å². The molecule has 128 valence electrons. The van der Waals surface area contributed by atoms with Crippen molar-refractivity contribution in [1.29, 1.82) is 0 Å². The number of likely N-dealkylation sites (N-methyl/N-ethyl adjacent to an activating group) is 1. The molecule has 2 aromatic rings. The second-order valence-electron chi connectivity index (χ2n) is 5.64. The summed E-state index contributed by atoms with van der Waals surface area (Å²) in [5.41, 5.74) is 2.09. The number of amides is 3. The van der Waals surface area contributed by atoms with Gasteiger partial charge in [0.15, 0.2) is 0 Å². The number of anilines is 1. The van der Waals surface area contributed by atoms with Crippen LogP contribution >= 0.6 is 11.6 Å². The molecular weight excluding hydrogens is 342 g/mol. The number of benzene rings is 2. The lowest BCUT2D eigenvalue weighted by Crippen LogP contribution is -2.43. The van der Waals surface area contributed by atoms with Gasteiger partial charge in [0, 0.05) is 29.9 Å². The third kappa shape index (κ3) is 3.34. The van der Waals surface area contributed by atoms with Gasteiger partial charge in [-0.3, -0.25) is 14.4 Å². The van der Waals surface area contributed by atoms with Gasteiger partial charge in [-0.1, -0.05) is 48.0 Å². The van der Waals surface area contributed by atoms with E-state index in [1.807, 2.05) is 6.07 Å². The third-order valence-electron chi connectivity index (χ3n) is 4.07. The molecule has 1 heterocycles. The molecule has 0 saturated heterocycles. The molecule has 2 aromatic carbocycles. The van der Waals surface area contributed by atoms with Gasteiger partial charge in [0.1, 0.15) is 6.04 Å². The molecule has 0 spiro atoms. The lowest BCUT2D eigenvalue weighted by atomic mass is 10.1. The van der Waals surface area contributed by atoms with Crippen molar-refractivity contribution in [3.63, 3.8) is 0 Å². The maximum absolute atomic E-state index is 12.3. The van der Waals surface area contributed by atoms with Gasteiger partial charge in [-0.2, -0.15) is 0 Å². The number of carbonyl (C=O) groups is 3. The van der Waals surface area contributed by atoms with Crippen molar-refractivity contribution in [3.8, 4) is 0 Å². The fourth-order valence-electron chi connectivity index (χ4n) is 2.72. The summed E-state index contributed by atoms with van der Waals surface area (Å²) in [6.07, 6.45) is 0. The second-order valence-corrected chi connectivity index (χ2v) is 6.04. The average Bonchev–Trinajstić information content (AvgIpc) is 2.86. The number of hydrogen-bond acceptors (Lipinski definition) is 3. The number of carbonyl (C=O) groups excluding carboxylic acids is 3. The van der Waals surface area contributed by atoms with Gasteiger partial charge in [0.2, 0.25) is 0 Å². The highest BCUT2D eigenvalue weighted by Gasteiger charge is 2.36. The van der Waals surface area contributed by atoms with Crippen molar-refractivity contribution < 1.29 is 14.4 Å². The number of fused-ring (bicyclic) bond motifs is 1. The SMILES string of the molecule is CN1C(=O)C(NC(=O)C(=O)NCc2ccccc2Cl)c2ccccc21. The van der Waals surface area contributed by atoms with E-state index >= 15 is 0 Å². The van der Waals surface area contributed by atoms with Gasteiger partial charge >= 0.3 is 11.8 Å². The van der Waals surface area contributed by atoms with E-state index in [0.29, 0.717) is 21.8 Å². The normalized spacial score (nSPS) is 15.7. The predicted octanol–water partition coefficient (Wildman–Crippen LogP) is 1.79. The third-order valence-corrected chi connectivity index (χ3v) is 4.43. The quantitative estimate of drug-likeness (QED) is 0.822. The smallest absolute Gasteiger partial charge is 0.310 e. The zero-order valence-electron chi connectivity index (χ0n) is 13.5. The molecule has 0 radical (unpaired) electrons. The number of nitrogens with zero attached hydrogens (tertiary/aromatic N) is 1. The topological polar surface area (TPSA) is 78.5 Å². The minimum Gasteiger partial charge on any atom is -0.344 e. The van der Waals surface area contributed by atoms with Gasteiger partial charge in [-0.15, -0.1) is 0 Å². The van der Waals surface area contributed by atoms with Crippen LogP contribution in [-0.4, -0.2) is 24.8 Å². The van der Waals surface area contributed by atoms with Gasteiger partial charge in [0.05, 0.1) is 0 Å². The van der Waals surface area contributed by atoms with E-state index in [-0.39, 0.29) is 12.5 Å². The first-order valence-electron chi connectivity index (χ1n) is 7.67. The van der Waals surface area contributed by atoms with Crippen LogP contribution in [-0.2, 0) is 20.9 Å². The van der Waals surface area contributed by atoms with Gasteiger partial charge in [-0.25, -0.2) is 0 Å². The Kier molecular flexibility index (Phi) is 4.72. The Morgan fingerprint density at radius 2 is 1.76 bits per heavy atom. The number of rotatable bonds is 3. The highest BCUT2D eigenvalue weighted by molar-refractivity contribution is 6.36. The first kappa shape index (κ1) is 17.0. The van der Waals surface area contributed by atoms with Crippen LogP contribution in [0.2, 0.25) is 5.02 Å². The molecule has 0 bridgehead atoms. The van der Waals surface area contributed by atoms with E-state index in [2.05, 4.69) is 10.6 Å². The lowest BCUT2D eigenvalue weighted by Gasteiger charge is -2.13. The van der Waals surface area contributed by atoms with Crippen LogP contribution < -0.4 is 15.5 Å². The molecule has 3 amide bonds. The Balaban J connectivity index is 1.65. The summed E-state index contributed by atoms with van der Waals surface area (Å²) in [5, 5.41) is 5.50. The summed E-state index contributed by atoms with van der Waals surface area (Å²) < 4.78 is 0. The fourth-order valence-corrected chi connectivity index (χ4v) is 2.92. The Morgan fingerprint density at radius 1 is 1.08 bits per heavy atom. The maximum atomic E-state index is 12.3. The summed E-state index contributed by atoms with van der Waals surface area (Å²) >= 11 is 6.01. The van der Waals surface area contributed by atoms with Gasteiger partial charge in [-0.05, 0) is 17.7 Å². The summed E-state index contributed by atoms with van der Waals surface area (Å²) in [6, 6.07) is 13.3. The first-order valence-corrected chi connectivity index (χ1v) is 8.05.